The molecule has 122 valence electrons. The molecule has 1 atom stereocenters. The summed E-state index contributed by atoms with van der Waals surface area (Å²) < 4.78 is 12.1. The van der Waals surface area contributed by atoms with Gasteiger partial charge >= 0.3 is 0 Å². The van der Waals surface area contributed by atoms with Crippen LogP contribution in [-0.4, -0.2) is 51.6 Å². The van der Waals surface area contributed by atoms with Gasteiger partial charge in [-0.1, -0.05) is 11.3 Å². The lowest BCUT2D eigenvalue weighted by molar-refractivity contribution is -0.126. The molecule has 7 nitrogen and oxygen atoms in total. The second kappa shape index (κ2) is 5.68. The SMILES string of the molecule is Cc1cncc(OC2CCOC3(C2)CN(c2nnc(C)s2)C3)n1. The quantitative estimate of drug-likeness (QED) is 0.847. The Bertz CT molecular complexity index is 701. The number of aromatic nitrogens is 4. The maximum atomic E-state index is 6.05. The Hall–Kier alpha value is -1.80. The van der Waals surface area contributed by atoms with Gasteiger partial charge in [0.25, 0.3) is 0 Å². The van der Waals surface area contributed by atoms with Crippen LogP contribution in [0.3, 0.4) is 0 Å². The minimum absolute atomic E-state index is 0.123. The summed E-state index contributed by atoms with van der Waals surface area (Å²) in [4.78, 5) is 10.7. The molecule has 2 aliphatic heterocycles. The molecule has 0 amide bonds. The van der Waals surface area contributed by atoms with Gasteiger partial charge in [0.1, 0.15) is 16.7 Å². The Morgan fingerprint density at radius 2 is 2.17 bits per heavy atom. The second-order valence-corrected chi connectivity index (χ2v) is 7.38. The fraction of sp³-hybridized carbons (Fsp3) is 0.600. The molecule has 1 spiro atoms. The van der Waals surface area contributed by atoms with Crippen LogP contribution in [0.25, 0.3) is 0 Å². The molecule has 0 saturated carbocycles. The van der Waals surface area contributed by atoms with Crippen molar-refractivity contribution >= 4 is 16.5 Å². The van der Waals surface area contributed by atoms with Crippen molar-refractivity contribution in [1.29, 1.82) is 0 Å². The van der Waals surface area contributed by atoms with Crippen LogP contribution in [0.4, 0.5) is 5.13 Å². The molecule has 0 N–H and O–H groups in total. The van der Waals surface area contributed by atoms with Crippen LogP contribution in [0.2, 0.25) is 0 Å². The van der Waals surface area contributed by atoms with E-state index in [1.165, 1.54) is 0 Å². The van der Waals surface area contributed by atoms with Gasteiger partial charge in [-0.05, 0) is 13.8 Å². The maximum Gasteiger partial charge on any atom is 0.232 e. The van der Waals surface area contributed by atoms with E-state index in [0.29, 0.717) is 12.5 Å². The first-order valence-electron chi connectivity index (χ1n) is 7.76. The summed E-state index contributed by atoms with van der Waals surface area (Å²) in [5.41, 5.74) is 0.741. The molecule has 2 aromatic rings. The summed E-state index contributed by atoms with van der Waals surface area (Å²) >= 11 is 1.62. The fourth-order valence-electron chi connectivity index (χ4n) is 3.17. The highest BCUT2D eigenvalue weighted by atomic mass is 32.1. The normalized spacial score (nSPS) is 22.9. The van der Waals surface area contributed by atoms with E-state index in [1.807, 2.05) is 13.8 Å². The molecule has 4 rings (SSSR count). The second-order valence-electron chi connectivity index (χ2n) is 6.22. The molecule has 0 aliphatic carbocycles. The van der Waals surface area contributed by atoms with Crippen molar-refractivity contribution in [3.05, 3.63) is 23.1 Å². The molecule has 0 bridgehead atoms. The molecule has 0 radical (unpaired) electrons. The summed E-state index contributed by atoms with van der Waals surface area (Å²) in [7, 11) is 0. The highest BCUT2D eigenvalue weighted by Gasteiger charge is 2.49. The molecule has 4 heterocycles. The van der Waals surface area contributed by atoms with Gasteiger partial charge in [0, 0.05) is 19.0 Å². The van der Waals surface area contributed by atoms with Gasteiger partial charge in [-0.3, -0.25) is 4.98 Å². The summed E-state index contributed by atoms with van der Waals surface area (Å²) in [5, 5.41) is 10.2. The van der Waals surface area contributed by atoms with Gasteiger partial charge in [-0.25, -0.2) is 4.98 Å². The number of aryl methyl sites for hydroxylation is 2. The van der Waals surface area contributed by atoms with Gasteiger partial charge in [0.15, 0.2) is 0 Å². The topological polar surface area (TPSA) is 73.3 Å². The number of anilines is 1. The van der Waals surface area contributed by atoms with Crippen molar-refractivity contribution < 1.29 is 9.47 Å². The van der Waals surface area contributed by atoms with Gasteiger partial charge in [0.2, 0.25) is 11.0 Å². The number of hydrogen-bond donors (Lipinski definition) is 0. The standard InChI is InChI=1S/C15H19N5O2S/c1-10-6-16-7-13(17-10)22-12-3-4-21-15(5-12)8-20(9-15)14-19-18-11(2)23-14/h6-7,12H,3-5,8-9H2,1-2H3. The zero-order valence-corrected chi connectivity index (χ0v) is 14.0. The highest BCUT2D eigenvalue weighted by Crippen LogP contribution is 2.38. The Balaban J connectivity index is 1.38. The van der Waals surface area contributed by atoms with E-state index in [0.717, 1.165) is 41.8 Å². The Labute approximate surface area is 138 Å². The summed E-state index contributed by atoms with van der Waals surface area (Å²) in [6, 6.07) is 0. The number of rotatable bonds is 3. The van der Waals surface area contributed by atoms with Crippen molar-refractivity contribution in [3.8, 4) is 5.88 Å². The lowest BCUT2D eigenvalue weighted by Crippen LogP contribution is -2.66. The predicted octanol–water partition coefficient (Wildman–Crippen LogP) is 1.76. The average Bonchev–Trinajstić information content (AvgIpc) is 2.91. The van der Waals surface area contributed by atoms with Gasteiger partial charge in [0.05, 0.1) is 31.6 Å². The van der Waals surface area contributed by atoms with Crippen molar-refractivity contribution in [2.45, 2.75) is 38.4 Å². The van der Waals surface area contributed by atoms with E-state index in [1.54, 1.807) is 23.7 Å². The predicted molar refractivity (Wildman–Crippen MR) is 86.0 cm³/mol. The van der Waals surface area contributed by atoms with Crippen LogP contribution in [-0.2, 0) is 4.74 Å². The van der Waals surface area contributed by atoms with E-state index in [2.05, 4.69) is 25.1 Å². The third-order valence-corrected chi connectivity index (χ3v) is 5.11. The Kier molecular flexibility index (Phi) is 3.65. The van der Waals surface area contributed by atoms with Crippen LogP contribution in [0.5, 0.6) is 5.88 Å². The minimum atomic E-state index is -0.125. The highest BCUT2D eigenvalue weighted by molar-refractivity contribution is 7.15. The Morgan fingerprint density at radius 3 is 2.91 bits per heavy atom. The number of hydrogen-bond acceptors (Lipinski definition) is 8. The van der Waals surface area contributed by atoms with Crippen molar-refractivity contribution in [2.75, 3.05) is 24.6 Å². The van der Waals surface area contributed by atoms with Crippen molar-refractivity contribution in [1.82, 2.24) is 20.2 Å². The van der Waals surface area contributed by atoms with Gasteiger partial charge in [-0.15, -0.1) is 10.2 Å². The van der Waals surface area contributed by atoms with E-state index >= 15 is 0 Å². The van der Waals surface area contributed by atoms with Crippen molar-refractivity contribution in [3.63, 3.8) is 0 Å². The van der Waals surface area contributed by atoms with Gasteiger partial charge in [-0.2, -0.15) is 0 Å². The zero-order valence-electron chi connectivity index (χ0n) is 13.2. The van der Waals surface area contributed by atoms with E-state index in [4.69, 9.17) is 9.47 Å². The first-order valence-corrected chi connectivity index (χ1v) is 8.58. The molecule has 1 unspecified atom stereocenters. The van der Waals surface area contributed by atoms with Crippen molar-refractivity contribution in [2.24, 2.45) is 0 Å². The smallest absolute Gasteiger partial charge is 0.232 e. The molecular formula is C15H19N5O2S. The largest absolute Gasteiger partial charge is 0.473 e. The molecule has 2 saturated heterocycles. The number of nitrogens with zero attached hydrogens (tertiary/aromatic N) is 5. The van der Waals surface area contributed by atoms with Crippen LogP contribution >= 0.6 is 11.3 Å². The average molecular weight is 333 g/mol. The first-order chi connectivity index (χ1) is 11.1. The molecular weight excluding hydrogens is 314 g/mol. The third kappa shape index (κ3) is 3.00. The maximum absolute atomic E-state index is 6.05. The Morgan fingerprint density at radius 1 is 1.30 bits per heavy atom. The van der Waals surface area contributed by atoms with E-state index in [9.17, 15) is 0 Å². The first kappa shape index (κ1) is 14.8. The van der Waals surface area contributed by atoms with Crippen LogP contribution in [0.1, 0.15) is 23.5 Å². The third-order valence-electron chi connectivity index (χ3n) is 4.21. The molecule has 0 aromatic carbocycles. The number of ether oxygens (including phenoxy) is 2. The molecule has 2 fully saturated rings. The fourth-order valence-corrected chi connectivity index (χ4v) is 3.86. The van der Waals surface area contributed by atoms with Crippen LogP contribution in [0, 0.1) is 13.8 Å². The molecule has 2 aliphatic rings. The van der Waals surface area contributed by atoms with E-state index < -0.39 is 0 Å². The molecule has 8 heteroatoms. The van der Waals surface area contributed by atoms with Gasteiger partial charge < -0.3 is 14.4 Å². The summed E-state index contributed by atoms with van der Waals surface area (Å²) in [6.07, 6.45) is 5.28. The lowest BCUT2D eigenvalue weighted by atomic mass is 9.85. The van der Waals surface area contributed by atoms with E-state index in [-0.39, 0.29) is 11.7 Å². The summed E-state index contributed by atoms with van der Waals surface area (Å²) in [5.74, 6) is 0.600. The zero-order chi connectivity index (χ0) is 15.9. The van der Waals surface area contributed by atoms with Crippen LogP contribution < -0.4 is 9.64 Å². The summed E-state index contributed by atoms with van der Waals surface area (Å²) in [6.45, 7) is 6.30. The minimum Gasteiger partial charge on any atom is -0.473 e. The molecule has 23 heavy (non-hydrogen) atoms. The lowest BCUT2D eigenvalue weighted by Gasteiger charge is -2.52. The monoisotopic (exact) mass is 333 g/mol. The molecule has 2 aromatic heterocycles. The van der Waals surface area contributed by atoms with Crippen LogP contribution in [0.15, 0.2) is 12.4 Å².